The molecule has 0 fully saturated rings. The number of rotatable bonds is 1. The highest BCUT2D eigenvalue weighted by Crippen LogP contribution is 1.82. The van der Waals surface area contributed by atoms with Crippen molar-refractivity contribution in [2.24, 2.45) is 5.73 Å². The molecule has 0 saturated heterocycles. The van der Waals surface area contributed by atoms with Crippen LogP contribution in [0.3, 0.4) is 0 Å². The summed E-state index contributed by atoms with van der Waals surface area (Å²) in [7, 11) is 0. The van der Waals surface area contributed by atoms with Crippen molar-refractivity contribution in [1.29, 1.82) is 0 Å². The molecule has 0 atom stereocenters. The molecule has 0 aromatic carbocycles. The van der Waals surface area contributed by atoms with Crippen molar-refractivity contribution in [2.45, 2.75) is 0 Å². The van der Waals surface area contributed by atoms with E-state index in [2.05, 4.69) is 14.7 Å². The van der Waals surface area contributed by atoms with E-state index >= 15 is 0 Å². The zero-order valence-corrected chi connectivity index (χ0v) is 3.87. The minimum atomic E-state index is -0.682. The summed E-state index contributed by atoms with van der Waals surface area (Å²) in [5.41, 5.74) is 4.73. The van der Waals surface area contributed by atoms with Crippen LogP contribution in [0.1, 0.15) is 10.6 Å². The number of amides is 1. The molecule has 1 aromatic heterocycles. The first-order valence-corrected chi connectivity index (χ1v) is 1.87. The minimum Gasteiger partial charge on any atom is -0.363 e. The van der Waals surface area contributed by atoms with E-state index in [4.69, 9.17) is 5.73 Å². The topological polar surface area (TPSA) is 82.0 Å². The third-order valence-electron chi connectivity index (χ3n) is 0.582. The molecule has 8 heavy (non-hydrogen) atoms. The van der Waals surface area contributed by atoms with Gasteiger partial charge in [0.2, 0.25) is 6.39 Å². The van der Waals surface area contributed by atoms with Gasteiger partial charge in [-0.1, -0.05) is 5.16 Å². The third kappa shape index (κ3) is 0.651. The molecule has 5 nitrogen and oxygen atoms in total. The zero-order valence-electron chi connectivity index (χ0n) is 3.87. The van der Waals surface area contributed by atoms with Crippen LogP contribution in [0, 0.1) is 0 Å². The zero-order chi connectivity index (χ0) is 5.98. The second-order valence-corrected chi connectivity index (χ2v) is 1.12. The Labute approximate surface area is 44.5 Å². The highest BCUT2D eigenvalue weighted by Gasteiger charge is 2.02. The van der Waals surface area contributed by atoms with Crippen LogP contribution in [0.4, 0.5) is 0 Å². The van der Waals surface area contributed by atoms with Gasteiger partial charge >= 0.3 is 0 Å². The summed E-state index contributed by atoms with van der Waals surface area (Å²) in [4.78, 5) is 13.5. The lowest BCUT2D eigenvalue weighted by atomic mass is 10.6. The average molecular weight is 113 g/mol. The van der Waals surface area contributed by atoms with Gasteiger partial charge in [-0.15, -0.1) is 0 Å². The van der Waals surface area contributed by atoms with Gasteiger partial charge in [-0.25, -0.2) is 0 Å². The highest BCUT2D eigenvalue weighted by molar-refractivity contribution is 5.88. The predicted molar refractivity (Wildman–Crippen MR) is 22.8 cm³/mol. The van der Waals surface area contributed by atoms with Gasteiger partial charge in [-0.05, 0) is 0 Å². The van der Waals surface area contributed by atoms with Crippen LogP contribution in [0.15, 0.2) is 10.9 Å². The molecule has 0 unspecified atom stereocenters. The largest absolute Gasteiger partial charge is 0.363 e. The monoisotopic (exact) mass is 113 g/mol. The van der Waals surface area contributed by atoms with Gasteiger partial charge in [0, 0.05) is 0 Å². The minimum absolute atomic E-state index is 0.0926. The van der Waals surface area contributed by atoms with Gasteiger partial charge in [0.05, 0.1) is 0 Å². The highest BCUT2D eigenvalue weighted by atomic mass is 16.5. The summed E-state index contributed by atoms with van der Waals surface area (Å²) in [6.45, 7) is 0. The third-order valence-corrected chi connectivity index (χ3v) is 0.582. The van der Waals surface area contributed by atoms with Crippen molar-refractivity contribution in [3.8, 4) is 0 Å². The molecule has 1 heterocycles. The summed E-state index contributed by atoms with van der Waals surface area (Å²) in [6.07, 6.45) is 1.04. The number of nitrogens with two attached hydrogens (primary N) is 1. The van der Waals surface area contributed by atoms with E-state index in [-0.39, 0.29) is 5.82 Å². The van der Waals surface area contributed by atoms with Crippen LogP contribution in [-0.2, 0) is 0 Å². The van der Waals surface area contributed by atoms with Crippen LogP contribution in [0.25, 0.3) is 0 Å². The summed E-state index contributed by atoms with van der Waals surface area (Å²) < 4.78 is 4.21. The molecule has 1 aromatic rings. The Hall–Kier alpha value is -1.39. The van der Waals surface area contributed by atoms with E-state index in [0.717, 1.165) is 6.39 Å². The van der Waals surface area contributed by atoms with Crippen LogP contribution in [-0.4, -0.2) is 16.0 Å². The molecule has 2 N–H and O–H groups in total. The number of hydrogen-bond donors (Lipinski definition) is 1. The first-order chi connectivity index (χ1) is 3.80. The van der Waals surface area contributed by atoms with E-state index in [9.17, 15) is 4.79 Å². The molecular formula is C3H3N3O2. The molecule has 5 heteroatoms. The maximum atomic E-state index is 10.1. The van der Waals surface area contributed by atoms with Crippen molar-refractivity contribution in [1.82, 2.24) is 10.1 Å². The lowest BCUT2D eigenvalue weighted by Gasteiger charge is -1.75. The van der Waals surface area contributed by atoms with Crippen LogP contribution in [0.5, 0.6) is 0 Å². The Morgan fingerprint density at radius 1 is 1.88 bits per heavy atom. The molecule has 0 spiro atoms. The van der Waals surface area contributed by atoms with Crippen molar-refractivity contribution in [2.75, 3.05) is 0 Å². The molecule has 42 valence electrons. The molecule has 0 aliphatic heterocycles. The smallest absolute Gasteiger partial charge is 0.290 e. The Kier molecular flexibility index (Phi) is 0.957. The number of aromatic nitrogens is 2. The van der Waals surface area contributed by atoms with Crippen molar-refractivity contribution in [3.05, 3.63) is 12.2 Å². The second-order valence-electron chi connectivity index (χ2n) is 1.12. The van der Waals surface area contributed by atoms with Crippen molar-refractivity contribution in [3.63, 3.8) is 0 Å². The Bertz CT molecular complexity index is 180. The first kappa shape index (κ1) is 4.76. The molecule has 0 bridgehead atoms. The quantitative estimate of drug-likeness (QED) is 0.515. The fourth-order valence-electron chi connectivity index (χ4n) is 0.279. The average Bonchev–Trinajstić information content (AvgIpc) is 2.12. The summed E-state index contributed by atoms with van der Waals surface area (Å²) in [5, 5.41) is 3.16. The first-order valence-electron chi connectivity index (χ1n) is 1.87. The molecule has 0 saturated carbocycles. The standard InChI is InChI=1S/C3H3N3O2/c4-2(7)3-5-1-8-6-3/h1H,(H2,4,7). The van der Waals surface area contributed by atoms with Gasteiger partial charge in [0.25, 0.3) is 11.7 Å². The number of nitrogens with zero attached hydrogens (tertiary/aromatic N) is 2. The molecule has 1 rings (SSSR count). The van der Waals surface area contributed by atoms with Gasteiger partial charge in [0.15, 0.2) is 0 Å². The molecule has 0 aliphatic rings. The van der Waals surface area contributed by atoms with Crippen LogP contribution < -0.4 is 5.73 Å². The fraction of sp³-hybridized carbons (Fsp3) is 0. The van der Waals surface area contributed by atoms with Gasteiger partial charge in [-0.3, -0.25) is 4.79 Å². The number of carbonyl (C=O) groups is 1. The van der Waals surface area contributed by atoms with Gasteiger partial charge in [-0.2, -0.15) is 4.98 Å². The Balaban J connectivity index is 2.93. The molecular weight excluding hydrogens is 110 g/mol. The Morgan fingerprint density at radius 3 is 2.88 bits per heavy atom. The molecule has 0 radical (unpaired) electrons. The lowest BCUT2D eigenvalue weighted by Crippen LogP contribution is -2.12. The molecule has 0 aliphatic carbocycles. The summed E-state index contributed by atoms with van der Waals surface area (Å²) >= 11 is 0. The van der Waals surface area contributed by atoms with Crippen LogP contribution in [0.2, 0.25) is 0 Å². The fourth-order valence-corrected chi connectivity index (χ4v) is 0.279. The predicted octanol–water partition coefficient (Wildman–Crippen LogP) is -0.832. The van der Waals surface area contributed by atoms with Crippen molar-refractivity contribution >= 4 is 5.91 Å². The number of primary amides is 1. The van der Waals surface area contributed by atoms with E-state index in [1.54, 1.807) is 0 Å². The van der Waals surface area contributed by atoms with Gasteiger partial charge in [0.1, 0.15) is 0 Å². The normalized spacial score (nSPS) is 9.00. The SMILES string of the molecule is NC(=O)c1ncon1. The maximum Gasteiger partial charge on any atom is 0.290 e. The summed E-state index contributed by atoms with van der Waals surface area (Å²) in [5.74, 6) is -0.774. The van der Waals surface area contributed by atoms with E-state index in [1.807, 2.05) is 0 Å². The maximum absolute atomic E-state index is 10.1. The van der Waals surface area contributed by atoms with Crippen LogP contribution >= 0.6 is 0 Å². The Morgan fingerprint density at radius 2 is 2.62 bits per heavy atom. The number of hydrogen-bond acceptors (Lipinski definition) is 4. The van der Waals surface area contributed by atoms with Gasteiger partial charge < -0.3 is 10.3 Å². The lowest BCUT2D eigenvalue weighted by molar-refractivity contribution is 0.0987. The number of carbonyl (C=O) groups excluding carboxylic acids is 1. The van der Waals surface area contributed by atoms with E-state index < -0.39 is 5.91 Å². The molecule has 1 amide bonds. The second kappa shape index (κ2) is 1.61. The van der Waals surface area contributed by atoms with Crippen molar-refractivity contribution < 1.29 is 9.32 Å². The van der Waals surface area contributed by atoms with E-state index in [0.29, 0.717) is 0 Å². The summed E-state index contributed by atoms with van der Waals surface area (Å²) in [6, 6.07) is 0. The van der Waals surface area contributed by atoms with E-state index in [1.165, 1.54) is 0 Å².